The van der Waals surface area contributed by atoms with Crippen molar-refractivity contribution in [3.63, 3.8) is 0 Å². The highest BCUT2D eigenvalue weighted by Gasteiger charge is 2.00. The van der Waals surface area contributed by atoms with E-state index in [1.54, 1.807) is 11.8 Å². The van der Waals surface area contributed by atoms with Gasteiger partial charge in [-0.2, -0.15) is 11.8 Å². The zero-order valence-electron chi connectivity index (χ0n) is 9.45. The van der Waals surface area contributed by atoms with Crippen LogP contribution in [0.3, 0.4) is 0 Å². The summed E-state index contributed by atoms with van der Waals surface area (Å²) in [6.45, 7) is 3.25. The molecule has 0 atom stereocenters. The molecule has 0 spiro atoms. The van der Waals surface area contributed by atoms with Crippen molar-refractivity contribution in [1.29, 1.82) is 0 Å². The van der Waals surface area contributed by atoms with Crippen LogP contribution >= 0.6 is 11.8 Å². The maximum atomic E-state index is 11.3. The van der Waals surface area contributed by atoms with Crippen molar-refractivity contribution in [3.05, 3.63) is 22.1 Å². The fourth-order valence-electron chi connectivity index (χ4n) is 1.18. The Morgan fingerprint density at radius 2 is 2.44 bits per heavy atom. The number of nitrogens with zero attached hydrogens (tertiary/aromatic N) is 1. The van der Waals surface area contributed by atoms with Gasteiger partial charge in [0.15, 0.2) is 0 Å². The molecule has 1 aromatic heterocycles. The number of hydrogen-bond donors (Lipinski definition) is 3. The molecule has 6 heteroatoms. The summed E-state index contributed by atoms with van der Waals surface area (Å²) in [4.78, 5) is 18.3. The van der Waals surface area contributed by atoms with Crippen LogP contribution in [-0.4, -0.2) is 28.8 Å². The van der Waals surface area contributed by atoms with Crippen molar-refractivity contribution in [2.45, 2.75) is 19.1 Å². The number of aromatic nitrogens is 2. The van der Waals surface area contributed by atoms with Crippen molar-refractivity contribution in [1.82, 2.24) is 9.97 Å². The van der Waals surface area contributed by atoms with E-state index in [9.17, 15) is 4.79 Å². The van der Waals surface area contributed by atoms with E-state index in [1.807, 2.05) is 0 Å². The fraction of sp³-hybridized carbons (Fsp3) is 0.600. The summed E-state index contributed by atoms with van der Waals surface area (Å²) >= 11 is 1.78. The minimum atomic E-state index is -0.124. The van der Waals surface area contributed by atoms with Gasteiger partial charge in [0, 0.05) is 24.9 Å². The summed E-state index contributed by atoms with van der Waals surface area (Å²) < 4.78 is 0. The molecule has 16 heavy (non-hydrogen) atoms. The summed E-state index contributed by atoms with van der Waals surface area (Å²) in [5, 5.41) is 2.97. The van der Waals surface area contributed by atoms with Gasteiger partial charge in [-0.15, -0.1) is 0 Å². The molecule has 0 saturated carbocycles. The molecule has 0 radical (unpaired) electrons. The molecule has 4 N–H and O–H groups in total. The van der Waals surface area contributed by atoms with Gasteiger partial charge in [-0.05, 0) is 12.2 Å². The number of hydrogen-bond acceptors (Lipinski definition) is 5. The van der Waals surface area contributed by atoms with Crippen LogP contribution in [0.2, 0.25) is 0 Å². The van der Waals surface area contributed by atoms with Crippen molar-refractivity contribution in [2.75, 3.05) is 24.2 Å². The molecule has 0 aliphatic rings. The monoisotopic (exact) mass is 242 g/mol. The Morgan fingerprint density at radius 3 is 3.12 bits per heavy atom. The van der Waals surface area contributed by atoms with Gasteiger partial charge in [0.2, 0.25) is 5.95 Å². The molecule has 90 valence electrons. The lowest BCUT2D eigenvalue weighted by Gasteiger charge is -2.05. The molecule has 1 aromatic rings. The first-order chi connectivity index (χ1) is 7.76. The topological polar surface area (TPSA) is 83.8 Å². The van der Waals surface area contributed by atoms with Gasteiger partial charge >= 0.3 is 0 Å². The van der Waals surface area contributed by atoms with Gasteiger partial charge in [-0.25, -0.2) is 4.98 Å². The summed E-state index contributed by atoms with van der Waals surface area (Å²) in [6.07, 6.45) is 1.13. The van der Waals surface area contributed by atoms with Crippen LogP contribution in [0.1, 0.15) is 19.0 Å². The first kappa shape index (κ1) is 13.1. The van der Waals surface area contributed by atoms with Crippen LogP contribution in [0.5, 0.6) is 0 Å². The molecule has 0 aliphatic carbocycles. The number of thioether (sulfide) groups is 1. The van der Waals surface area contributed by atoms with E-state index < -0.39 is 0 Å². The van der Waals surface area contributed by atoms with Crippen LogP contribution in [0.15, 0.2) is 10.9 Å². The minimum Gasteiger partial charge on any atom is -0.354 e. The van der Waals surface area contributed by atoms with Crippen molar-refractivity contribution < 1.29 is 0 Å². The lowest BCUT2D eigenvalue weighted by Crippen LogP contribution is -2.18. The lowest BCUT2D eigenvalue weighted by molar-refractivity contribution is 0.966. The molecule has 1 heterocycles. The predicted octanol–water partition coefficient (Wildman–Crippen LogP) is 0.784. The quantitative estimate of drug-likeness (QED) is 0.615. The first-order valence-electron chi connectivity index (χ1n) is 5.38. The third-order valence-electron chi connectivity index (χ3n) is 1.83. The number of rotatable bonds is 7. The Hall–Kier alpha value is -1.01. The highest BCUT2D eigenvalue weighted by molar-refractivity contribution is 7.98. The molecular formula is C10H18N4OS. The molecule has 0 amide bonds. The molecule has 5 nitrogen and oxygen atoms in total. The number of nitrogens with one attached hydrogen (secondary N) is 2. The van der Waals surface area contributed by atoms with Crippen LogP contribution < -0.4 is 16.6 Å². The Balaban J connectivity index is 2.62. The average molecular weight is 242 g/mol. The van der Waals surface area contributed by atoms with E-state index in [2.05, 4.69) is 22.2 Å². The third-order valence-corrected chi connectivity index (χ3v) is 3.03. The van der Waals surface area contributed by atoms with Gasteiger partial charge in [-0.3, -0.25) is 9.78 Å². The van der Waals surface area contributed by atoms with Crippen LogP contribution in [0, 0.1) is 0 Å². The van der Waals surface area contributed by atoms with E-state index in [0.717, 1.165) is 23.6 Å². The molecule has 0 unspecified atom stereocenters. The van der Waals surface area contributed by atoms with E-state index in [4.69, 9.17) is 5.73 Å². The Morgan fingerprint density at radius 1 is 1.62 bits per heavy atom. The van der Waals surface area contributed by atoms with E-state index >= 15 is 0 Å². The molecule has 0 aromatic carbocycles. The minimum absolute atomic E-state index is 0.124. The van der Waals surface area contributed by atoms with Gasteiger partial charge in [0.25, 0.3) is 5.56 Å². The average Bonchev–Trinajstić information content (AvgIpc) is 2.26. The van der Waals surface area contributed by atoms with Gasteiger partial charge in [0.1, 0.15) is 0 Å². The smallest absolute Gasteiger partial charge is 0.252 e. The van der Waals surface area contributed by atoms with E-state index in [-0.39, 0.29) is 5.56 Å². The van der Waals surface area contributed by atoms with E-state index in [0.29, 0.717) is 19.0 Å². The Bertz CT molecular complexity index is 366. The second-order valence-corrected chi connectivity index (χ2v) is 4.46. The number of aromatic amines is 1. The Kier molecular flexibility index (Phi) is 5.95. The van der Waals surface area contributed by atoms with Crippen molar-refractivity contribution in [3.8, 4) is 0 Å². The molecule has 0 saturated heterocycles. The van der Waals surface area contributed by atoms with Crippen molar-refractivity contribution >= 4 is 17.7 Å². The van der Waals surface area contributed by atoms with Crippen LogP contribution in [-0.2, 0) is 5.75 Å². The van der Waals surface area contributed by atoms with Crippen molar-refractivity contribution in [2.24, 2.45) is 5.73 Å². The predicted molar refractivity (Wildman–Crippen MR) is 68.9 cm³/mol. The SMILES string of the molecule is CCCSCc1cc(=O)[nH]c(NCCN)n1. The summed E-state index contributed by atoms with van der Waals surface area (Å²) in [6, 6.07) is 1.54. The van der Waals surface area contributed by atoms with E-state index in [1.165, 1.54) is 6.07 Å². The second kappa shape index (κ2) is 7.29. The zero-order chi connectivity index (χ0) is 11.8. The molecule has 0 bridgehead atoms. The normalized spacial score (nSPS) is 10.4. The largest absolute Gasteiger partial charge is 0.354 e. The highest BCUT2D eigenvalue weighted by Crippen LogP contribution is 2.10. The lowest BCUT2D eigenvalue weighted by atomic mass is 10.4. The molecular weight excluding hydrogens is 224 g/mol. The fourth-order valence-corrected chi connectivity index (χ4v) is 1.97. The second-order valence-electron chi connectivity index (χ2n) is 3.35. The van der Waals surface area contributed by atoms with Crippen LogP contribution in [0.25, 0.3) is 0 Å². The van der Waals surface area contributed by atoms with Crippen LogP contribution in [0.4, 0.5) is 5.95 Å². The third kappa shape index (κ3) is 4.67. The Labute approximate surface area is 99.2 Å². The summed E-state index contributed by atoms with van der Waals surface area (Å²) in [7, 11) is 0. The first-order valence-corrected chi connectivity index (χ1v) is 6.53. The molecule has 1 rings (SSSR count). The highest BCUT2D eigenvalue weighted by atomic mass is 32.2. The molecule has 0 fully saturated rings. The maximum Gasteiger partial charge on any atom is 0.252 e. The summed E-state index contributed by atoms with van der Waals surface area (Å²) in [5.74, 6) is 2.36. The van der Waals surface area contributed by atoms with Gasteiger partial charge in [-0.1, -0.05) is 6.92 Å². The molecule has 0 aliphatic heterocycles. The van der Waals surface area contributed by atoms with Gasteiger partial charge < -0.3 is 11.1 Å². The standard InChI is InChI=1S/C10H18N4OS/c1-2-5-16-7-8-6-9(15)14-10(13-8)12-4-3-11/h6H,2-5,7,11H2,1H3,(H2,12,13,14,15). The number of anilines is 1. The number of H-pyrrole nitrogens is 1. The zero-order valence-corrected chi connectivity index (χ0v) is 10.3. The number of nitrogens with two attached hydrogens (primary N) is 1. The van der Waals surface area contributed by atoms with Gasteiger partial charge in [0.05, 0.1) is 5.69 Å². The summed E-state index contributed by atoms with van der Waals surface area (Å²) in [5.41, 5.74) is 6.05. The maximum absolute atomic E-state index is 11.3.